The van der Waals surface area contributed by atoms with E-state index in [1.54, 1.807) is 0 Å². The van der Waals surface area contributed by atoms with Crippen LogP contribution in [0.25, 0.3) is 0 Å². The van der Waals surface area contributed by atoms with Gasteiger partial charge in [0.15, 0.2) is 0 Å². The van der Waals surface area contributed by atoms with Gasteiger partial charge in [-0.15, -0.1) is 0 Å². The molecule has 0 aliphatic carbocycles. The van der Waals surface area contributed by atoms with Gasteiger partial charge in [-0.05, 0) is 37.6 Å². The van der Waals surface area contributed by atoms with Crippen LogP contribution in [0, 0.1) is 0 Å². The Bertz CT molecular complexity index is 467. The first-order valence-electron chi connectivity index (χ1n) is 7.02. The Morgan fingerprint density at radius 2 is 1.16 bits per heavy atom. The molecule has 100 valence electrons. The lowest BCUT2D eigenvalue weighted by atomic mass is 10.2. The molecule has 2 nitrogen and oxygen atoms in total. The van der Waals surface area contributed by atoms with Crippen molar-refractivity contribution in [2.75, 3.05) is 23.1 Å². The Labute approximate surface area is 116 Å². The van der Waals surface area contributed by atoms with Crippen LogP contribution in [0.3, 0.4) is 0 Å². The van der Waals surface area contributed by atoms with Gasteiger partial charge in [0.1, 0.15) is 0 Å². The Balaban J connectivity index is 2.31. The second kappa shape index (κ2) is 6.83. The number of anilines is 2. The van der Waals surface area contributed by atoms with Gasteiger partial charge in [-0.2, -0.15) is 0 Å². The van der Waals surface area contributed by atoms with E-state index in [9.17, 15) is 0 Å². The molecule has 0 bridgehead atoms. The summed E-state index contributed by atoms with van der Waals surface area (Å²) in [6, 6.07) is 21.1. The zero-order valence-corrected chi connectivity index (χ0v) is 11.8. The van der Waals surface area contributed by atoms with Crippen molar-refractivity contribution in [1.29, 1.82) is 0 Å². The van der Waals surface area contributed by atoms with Crippen LogP contribution in [-0.4, -0.2) is 13.1 Å². The predicted molar refractivity (Wildman–Crippen MR) is 83.5 cm³/mol. The average molecular weight is 254 g/mol. The molecule has 0 saturated carbocycles. The molecule has 2 aromatic rings. The van der Waals surface area contributed by atoms with E-state index >= 15 is 0 Å². The van der Waals surface area contributed by atoms with Crippen LogP contribution in [0.1, 0.15) is 20.3 Å². The molecule has 0 aliphatic rings. The molecule has 0 unspecified atom stereocenters. The van der Waals surface area contributed by atoms with Crippen molar-refractivity contribution in [1.82, 2.24) is 0 Å². The van der Waals surface area contributed by atoms with E-state index in [4.69, 9.17) is 0 Å². The van der Waals surface area contributed by atoms with Gasteiger partial charge in [-0.25, -0.2) is 0 Å². The molecule has 2 rings (SSSR count). The van der Waals surface area contributed by atoms with Gasteiger partial charge >= 0.3 is 0 Å². The maximum atomic E-state index is 2.36. The molecule has 0 heterocycles. The fourth-order valence-electron chi connectivity index (χ4n) is 2.29. The lowest BCUT2D eigenvalue weighted by molar-refractivity contribution is 0.714. The van der Waals surface area contributed by atoms with Gasteiger partial charge in [-0.1, -0.05) is 43.3 Å². The molecule has 19 heavy (non-hydrogen) atoms. The van der Waals surface area contributed by atoms with Crippen molar-refractivity contribution in [3.05, 3.63) is 60.7 Å². The normalized spacial score (nSPS) is 10.2. The minimum atomic E-state index is 0.957. The second-order valence-corrected chi connectivity index (χ2v) is 4.51. The van der Waals surface area contributed by atoms with Gasteiger partial charge in [-0.3, -0.25) is 10.0 Å². The van der Waals surface area contributed by atoms with Crippen LogP contribution in [0.2, 0.25) is 0 Å². The third kappa shape index (κ3) is 3.28. The molecule has 0 aliphatic heterocycles. The number of nitrogens with zero attached hydrogens (tertiary/aromatic N) is 2. The Kier molecular flexibility index (Phi) is 4.85. The molecule has 0 radical (unpaired) electrons. The topological polar surface area (TPSA) is 6.48 Å². The minimum absolute atomic E-state index is 0.957. The molecular weight excluding hydrogens is 232 g/mol. The Hall–Kier alpha value is -1.96. The van der Waals surface area contributed by atoms with Crippen LogP contribution in [-0.2, 0) is 0 Å². The molecule has 0 atom stereocenters. The fraction of sp³-hybridized carbons (Fsp3) is 0.294. The highest BCUT2D eigenvalue weighted by Crippen LogP contribution is 2.22. The molecule has 0 fully saturated rings. The van der Waals surface area contributed by atoms with Crippen molar-refractivity contribution >= 4 is 11.4 Å². The Morgan fingerprint density at radius 3 is 1.58 bits per heavy atom. The summed E-state index contributed by atoms with van der Waals surface area (Å²) in [7, 11) is 0. The highest BCUT2D eigenvalue weighted by molar-refractivity contribution is 5.57. The number of hydrazine groups is 1. The summed E-state index contributed by atoms with van der Waals surface area (Å²) in [6.07, 6.45) is 1.12. The van der Waals surface area contributed by atoms with E-state index in [2.05, 4.69) is 84.5 Å². The molecule has 2 heteroatoms. The summed E-state index contributed by atoms with van der Waals surface area (Å²) in [5.41, 5.74) is 2.48. The predicted octanol–water partition coefficient (Wildman–Crippen LogP) is 4.34. The van der Waals surface area contributed by atoms with Crippen LogP contribution < -0.4 is 10.0 Å². The number of rotatable bonds is 6. The third-order valence-corrected chi connectivity index (χ3v) is 3.13. The molecule has 0 aromatic heterocycles. The highest BCUT2D eigenvalue weighted by Gasteiger charge is 2.13. The third-order valence-electron chi connectivity index (χ3n) is 3.13. The van der Waals surface area contributed by atoms with Crippen molar-refractivity contribution < 1.29 is 0 Å². The maximum absolute atomic E-state index is 2.36. The number of para-hydroxylation sites is 2. The SMILES string of the molecule is CCCN(c1ccccc1)N(CC)c1ccccc1. The van der Waals surface area contributed by atoms with Crippen LogP contribution in [0.4, 0.5) is 11.4 Å². The molecule has 0 saturated heterocycles. The van der Waals surface area contributed by atoms with Crippen LogP contribution >= 0.6 is 0 Å². The number of hydrogen-bond donors (Lipinski definition) is 0. The standard InChI is InChI=1S/C17H22N2/c1-3-15-19(17-13-9-6-10-14-17)18(4-2)16-11-7-5-8-12-16/h5-14H,3-4,15H2,1-2H3. The summed E-state index contributed by atoms with van der Waals surface area (Å²) < 4.78 is 0. The first-order valence-corrected chi connectivity index (χ1v) is 7.02. The summed E-state index contributed by atoms with van der Waals surface area (Å²) >= 11 is 0. The zero-order chi connectivity index (χ0) is 13.5. The number of benzene rings is 2. The molecule has 0 spiro atoms. The lowest BCUT2D eigenvalue weighted by Gasteiger charge is -2.37. The lowest BCUT2D eigenvalue weighted by Crippen LogP contribution is -2.43. The average Bonchev–Trinajstić information content (AvgIpc) is 2.49. The zero-order valence-electron chi connectivity index (χ0n) is 11.8. The highest BCUT2D eigenvalue weighted by atomic mass is 15.6. The number of hydrogen-bond acceptors (Lipinski definition) is 2. The van der Waals surface area contributed by atoms with Crippen molar-refractivity contribution in [3.8, 4) is 0 Å². The molecule has 0 N–H and O–H groups in total. The minimum Gasteiger partial charge on any atom is -0.286 e. The van der Waals surface area contributed by atoms with Crippen molar-refractivity contribution in [2.24, 2.45) is 0 Å². The van der Waals surface area contributed by atoms with Gasteiger partial charge < -0.3 is 0 Å². The van der Waals surface area contributed by atoms with Gasteiger partial charge in [0.05, 0.1) is 11.4 Å². The fourth-order valence-corrected chi connectivity index (χ4v) is 2.29. The monoisotopic (exact) mass is 254 g/mol. The smallest absolute Gasteiger partial charge is 0.0574 e. The van der Waals surface area contributed by atoms with Gasteiger partial charge in [0, 0.05) is 13.1 Å². The van der Waals surface area contributed by atoms with E-state index in [0.29, 0.717) is 0 Å². The first-order chi connectivity index (χ1) is 9.36. The van der Waals surface area contributed by atoms with Crippen molar-refractivity contribution in [3.63, 3.8) is 0 Å². The largest absolute Gasteiger partial charge is 0.286 e. The molecule has 2 aromatic carbocycles. The van der Waals surface area contributed by atoms with Gasteiger partial charge in [0.2, 0.25) is 0 Å². The maximum Gasteiger partial charge on any atom is 0.0574 e. The molecular formula is C17H22N2. The van der Waals surface area contributed by atoms with E-state index < -0.39 is 0 Å². The van der Waals surface area contributed by atoms with E-state index in [-0.39, 0.29) is 0 Å². The van der Waals surface area contributed by atoms with E-state index in [1.807, 2.05) is 0 Å². The van der Waals surface area contributed by atoms with Crippen LogP contribution in [0.5, 0.6) is 0 Å². The van der Waals surface area contributed by atoms with E-state index in [1.165, 1.54) is 11.4 Å². The van der Waals surface area contributed by atoms with E-state index in [0.717, 1.165) is 19.5 Å². The first kappa shape index (κ1) is 13.5. The van der Waals surface area contributed by atoms with Gasteiger partial charge in [0.25, 0.3) is 0 Å². The summed E-state index contributed by atoms with van der Waals surface area (Å²) in [4.78, 5) is 0. The molecule has 0 amide bonds. The summed E-state index contributed by atoms with van der Waals surface area (Å²) in [5.74, 6) is 0. The Morgan fingerprint density at radius 1 is 0.684 bits per heavy atom. The summed E-state index contributed by atoms with van der Waals surface area (Å²) in [6.45, 7) is 6.39. The van der Waals surface area contributed by atoms with Crippen LogP contribution in [0.15, 0.2) is 60.7 Å². The quantitative estimate of drug-likeness (QED) is 0.707. The summed E-state index contributed by atoms with van der Waals surface area (Å²) in [5, 5.41) is 4.69. The van der Waals surface area contributed by atoms with Crippen molar-refractivity contribution in [2.45, 2.75) is 20.3 Å². The second-order valence-electron chi connectivity index (χ2n) is 4.51.